The topological polar surface area (TPSA) is 18.5 Å². The molecule has 14 heteroatoms. The zero-order chi connectivity index (χ0) is 19.0. The zero-order valence-corrected chi connectivity index (χ0v) is 15.5. The van der Waals surface area contributed by atoms with Crippen molar-refractivity contribution in [3.05, 3.63) is 0 Å². The second-order valence-electron chi connectivity index (χ2n) is 4.15. The highest BCUT2D eigenvalue weighted by atomic mass is 32.9. The second-order valence-corrected chi connectivity index (χ2v) is 12.0. The molecule has 0 atom stereocenters. The van der Waals surface area contributed by atoms with Gasteiger partial charge in [-0.05, 0) is 17.6 Å². The summed E-state index contributed by atoms with van der Waals surface area (Å²) in [6.07, 6.45) is -8.10. The molecule has 0 saturated carbocycles. The van der Waals surface area contributed by atoms with Crippen molar-refractivity contribution < 1.29 is 44.2 Å². The number of hydrogen-bond acceptors (Lipinski definition) is 5. The Kier molecular flexibility index (Phi) is 11.1. The lowest BCUT2D eigenvalue weighted by atomic mass is 10.4. The summed E-state index contributed by atoms with van der Waals surface area (Å²) in [5, 5.41) is 0. The second kappa shape index (κ2) is 10.8. The first-order valence-corrected chi connectivity index (χ1v) is 11.7. The average molecular weight is 446 g/mol. The van der Waals surface area contributed by atoms with Gasteiger partial charge < -0.3 is 9.05 Å². The lowest BCUT2D eigenvalue weighted by Crippen LogP contribution is -2.33. The molecule has 0 aromatic heterocycles. The Bertz CT molecular complexity index is 386. The van der Waals surface area contributed by atoms with E-state index in [2.05, 4.69) is 9.05 Å². The van der Waals surface area contributed by atoms with Crippen molar-refractivity contribution in [2.24, 2.45) is 0 Å². The summed E-state index contributed by atoms with van der Waals surface area (Å²) in [5.74, 6) is -7.84. The maximum atomic E-state index is 12.9. The molecule has 0 aromatic rings. The minimum Gasteiger partial charge on any atom is -0.315 e. The fourth-order valence-electron chi connectivity index (χ4n) is 0.920. The maximum Gasteiger partial charge on any atom is 0.330 e. The van der Waals surface area contributed by atoms with Gasteiger partial charge in [-0.25, -0.2) is 17.6 Å². The number of alkyl halides is 8. The molecular weight excluding hydrogens is 431 g/mol. The van der Waals surface area contributed by atoms with Crippen LogP contribution in [0.25, 0.3) is 0 Å². The summed E-state index contributed by atoms with van der Waals surface area (Å²) in [4.78, 5) is 0. The predicted molar refractivity (Wildman–Crippen MR) is 83.5 cm³/mol. The maximum absolute atomic E-state index is 12.9. The average Bonchev–Trinajstić information content (AvgIpc) is 2.48. The highest BCUT2D eigenvalue weighted by Gasteiger charge is 2.45. The van der Waals surface area contributed by atoms with Crippen LogP contribution in [-0.4, -0.2) is 55.2 Å². The van der Waals surface area contributed by atoms with E-state index in [1.54, 1.807) is 0 Å². The van der Waals surface area contributed by atoms with Crippen molar-refractivity contribution in [3.63, 3.8) is 0 Å². The summed E-state index contributed by atoms with van der Waals surface area (Å²) >= 11 is 6.71. The van der Waals surface area contributed by atoms with Gasteiger partial charge in [0, 0.05) is 11.5 Å². The van der Waals surface area contributed by atoms with Gasteiger partial charge in [0.1, 0.15) is 13.2 Å². The molecule has 0 radical (unpaired) electrons. The van der Waals surface area contributed by atoms with Crippen LogP contribution in [0.2, 0.25) is 0 Å². The van der Waals surface area contributed by atoms with Gasteiger partial charge in [0.25, 0.3) is 0 Å². The smallest absolute Gasteiger partial charge is 0.315 e. The van der Waals surface area contributed by atoms with Gasteiger partial charge in [-0.1, -0.05) is 18.3 Å². The molecule has 0 N–H and O–H groups in total. The number of thioether (sulfide) groups is 1. The van der Waals surface area contributed by atoms with Gasteiger partial charge in [-0.2, -0.15) is 29.3 Å². The summed E-state index contributed by atoms with van der Waals surface area (Å²) < 4.78 is 109. The van der Waals surface area contributed by atoms with Gasteiger partial charge in [-0.3, -0.25) is 0 Å². The van der Waals surface area contributed by atoms with E-state index >= 15 is 0 Å². The standard InChI is InChI=1S/C10H15F8O2PS3/c1-2-23-3-4-24-21(22,19-5-9(15,16)7(11)12)20-6-10(17,18)8(13)14/h7-8H,2-6H2,1H3. The van der Waals surface area contributed by atoms with E-state index in [1.807, 2.05) is 6.92 Å². The minimum atomic E-state index is -4.56. The molecule has 0 saturated heterocycles. The first-order valence-electron chi connectivity index (χ1n) is 6.29. The number of hydrogen-bond donors (Lipinski definition) is 0. The van der Waals surface area contributed by atoms with Crippen LogP contribution in [0.1, 0.15) is 6.92 Å². The Hall–Kier alpha value is 0.710. The molecule has 0 aliphatic rings. The minimum absolute atomic E-state index is 0.135. The van der Waals surface area contributed by atoms with Crippen LogP contribution in [-0.2, 0) is 20.9 Å². The molecule has 0 unspecified atom stereocenters. The van der Waals surface area contributed by atoms with Gasteiger partial charge in [0.15, 0.2) is 0 Å². The number of rotatable bonds is 13. The van der Waals surface area contributed by atoms with Gasteiger partial charge in [0.05, 0.1) is 0 Å². The van der Waals surface area contributed by atoms with Gasteiger partial charge in [-0.15, -0.1) is 0 Å². The Morgan fingerprint density at radius 1 is 0.917 bits per heavy atom. The van der Waals surface area contributed by atoms with Crippen molar-refractivity contribution in [3.8, 4) is 0 Å². The first-order chi connectivity index (χ1) is 10.9. The van der Waals surface area contributed by atoms with E-state index in [0.29, 0.717) is 22.9 Å². The molecule has 0 bridgehead atoms. The summed E-state index contributed by atoms with van der Waals surface area (Å²) in [7, 11) is 0. The van der Waals surface area contributed by atoms with Crippen molar-refractivity contribution >= 4 is 40.6 Å². The third-order valence-electron chi connectivity index (χ3n) is 2.15. The van der Waals surface area contributed by atoms with Crippen LogP contribution in [0, 0.1) is 0 Å². The Labute approximate surface area is 147 Å². The Morgan fingerprint density at radius 2 is 1.33 bits per heavy atom. The third-order valence-corrected chi connectivity index (χ3v) is 8.61. The van der Waals surface area contributed by atoms with Crippen LogP contribution < -0.4 is 0 Å². The van der Waals surface area contributed by atoms with Crippen LogP contribution >= 0.6 is 28.8 Å². The highest BCUT2D eigenvalue weighted by molar-refractivity contribution is 8.68. The molecule has 0 aromatic carbocycles. The van der Waals surface area contributed by atoms with Crippen molar-refractivity contribution in [2.75, 3.05) is 30.5 Å². The molecule has 0 heterocycles. The van der Waals surface area contributed by atoms with E-state index in [9.17, 15) is 35.1 Å². The van der Waals surface area contributed by atoms with E-state index in [1.165, 1.54) is 11.8 Å². The lowest BCUT2D eigenvalue weighted by molar-refractivity contribution is -0.155. The first kappa shape index (κ1) is 24.7. The van der Waals surface area contributed by atoms with E-state index in [4.69, 9.17) is 11.8 Å². The highest BCUT2D eigenvalue weighted by Crippen LogP contribution is 2.62. The van der Waals surface area contributed by atoms with Crippen molar-refractivity contribution in [1.29, 1.82) is 0 Å². The lowest BCUT2D eigenvalue weighted by Gasteiger charge is -2.26. The van der Waals surface area contributed by atoms with Gasteiger partial charge >= 0.3 is 24.7 Å². The monoisotopic (exact) mass is 446 g/mol. The van der Waals surface area contributed by atoms with Crippen LogP contribution in [0.4, 0.5) is 35.1 Å². The Morgan fingerprint density at radius 3 is 1.67 bits per heavy atom. The van der Waals surface area contributed by atoms with Crippen LogP contribution in [0.3, 0.4) is 0 Å². The van der Waals surface area contributed by atoms with Crippen molar-refractivity contribution in [1.82, 2.24) is 0 Å². The molecule has 0 spiro atoms. The normalized spacial score (nSPS) is 14.0. The molecule has 2 nitrogen and oxygen atoms in total. The molecule has 0 aliphatic carbocycles. The summed E-state index contributed by atoms with van der Waals surface area (Å²) in [5.41, 5.74) is -3.92. The molecule has 0 aliphatic heterocycles. The van der Waals surface area contributed by atoms with E-state index < -0.39 is 43.6 Å². The number of halogens is 8. The molecular formula is C10H15F8O2PS3. The fourth-order valence-corrected chi connectivity index (χ4v) is 6.18. The molecule has 0 rings (SSSR count). The molecule has 24 heavy (non-hydrogen) atoms. The van der Waals surface area contributed by atoms with Crippen LogP contribution in [0.5, 0.6) is 0 Å². The fraction of sp³-hybridized carbons (Fsp3) is 1.00. The summed E-state index contributed by atoms with van der Waals surface area (Å²) in [6, 6.07) is 0. The third kappa shape index (κ3) is 9.42. The largest absolute Gasteiger partial charge is 0.330 e. The summed E-state index contributed by atoms with van der Waals surface area (Å²) in [6.45, 7) is -1.88. The molecule has 146 valence electrons. The van der Waals surface area contributed by atoms with E-state index in [-0.39, 0.29) is 5.75 Å². The van der Waals surface area contributed by atoms with E-state index in [0.717, 1.165) is 0 Å². The van der Waals surface area contributed by atoms with Gasteiger partial charge in [0.2, 0.25) is 5.69 Å². The van der Waals surface area contributed by atoms with Crippen molar-refractivity contribution in [2.45, 2.75) is 31.6 Å². The Balaban J connectivity index is 4.85. The molecule has 0 fully saturated rings. The molecule has 0 amide bonds. The predicted octanol–water partition coefficient (Wildman–Crippen LogP) is 5.53. The SMILES string of the molecule is CCSCCSP(=S)(OCC(F)(F)C(F)F)OCC(F)(F)C(F)F. The zero-order valence-electron chi connectivity index (χ0n) is 12.2. The quantitative estimate of drug-likeness (QED) is 0.210. The van der Waals surface area contributed by atoms with Crippen LogP contribution in [0.15, 0.2) is 0 Å².